The molecule has 8 heteroatoms. The minimum Gasteiger partial charge on any atom is -0.362 e. The van der Waals surface area contributed by atoms with Gasteiger partial charge in [-0.1, -0.05) is 13.5 Å². The Morgan fingerprint density at radius 3 is 2.67 bits per heavy atom. The zero-order chi connectivity index (χ0) is 16.2. The summed E-state index contributed by atoms with van der Waals surface area (Å²) in [6.45, 7) is 4.98. The number of nitrogens with zero attached hydrogens (tertiary/aromatic N) is 3. The molecule has 2 N–H and O–H groups in total. The summed E-state index contributed by atoms with van der Waals surface area (Å²) in [5, 5.41) is 0. The van der Waals surface area contributed by atoms with Crippen molar-refractivity contribution in [3.63, 3.8) is 0 Å². The first-order valence-corrected chi connectivity index (χ1v) is 7.88. The number of aromatic nitrogens is 1. The standard InChI is InChI=1S/C13H19FN4O2S/c1-5-16-13(18(3)4)9-7-10(21(19,20)6-2)11(12(14)15)17-8-9/h5,7-8,12H,1,6,15H2,2-4H3/b16-13-. The highest BCUT2D eigenvalue weighted by atomic mass is 32.2. The van der Waals surface area contributed by atoms with Crippen molar-refractivity contribution in [1.29, 1.82) is 0 Å². The van der Waals surface area contributed by atoms with Crippen LogP contribution in [0.3, 0.4) is 0 Å². The molecule has 0 saturated heterocycles. The van der Waals surface area contributed by atoms with E-state index in [-0.39, 0.29) is 16.3 Å². The number of pyridine rings is 1. The Balaban J connectivity index is 3.58. The summed E-state index contributed by atoms with van der Waals surface area (Å²) in [4.78, 5) is 9.39. The quantitative estimate of drug-likeness (QED) is 0.502. The third-order valence-corrected chi connectivity index (χ3v) is 4.51. The van der Waals surface area contributed by atoms with E-state index in [1.165, 1.54) is 25.4 Å². The molecule has 1 rings (SSSR count). The maximum Gasteiger partial charge on any atom is 0.192 e. The van der Waals surface area contributed by atoms with E-state index in [4.69, 9.17) is 5.73 Å². The van der Waals surface area contributed by atoms with Crippen molar-refractivity contribution in [1.82, 2.24) is 9.88 Å². The summed E-state index contributed by atoms with van der Waals surface area (Å²) in [6, 6.07) is 1.34. The molecular weight excluding hydrogens is 295 g/mol. The summed E-state index contributed by atoms with van der Waals surface area (Å²) in [6.07, 6.45) is 0.707. The molecule has 1 aromatic rings. The third kappa shape index (κ3) is 3.85. The zero-order valence-electron chi connectivity index (χ0n) is 12.2. The Labute approximate surface area is 124 Å². The van der Waals surface area contributed by atoms with Crippen LogP contribution in [-0.2, 0) is 9.84 Å². The highest BCUT2D eigenvalue weighted by Gasteiger charge is 2.23. The number of halogens is 1. The van der Waals surface area contributed by atoms with E-state index in [0.29, 0.717) is 11.4 Å². The fraction of sp³-hybridized carbons (Fsp3) is 0.385. The van der Waals surface area contributed by atoms with Crippen molar-refractivity contribution in [2.45, 2.75) is 18.1 Å². The Bertz CT molecular complexity index is 654. The smallest absolute Gasteiger partial charge is 0.192 e. The van der Waals surface area contributed by atoms with Gasteiger partial charge in [0.1, 0.15) is 11.5 Å². The second kappa shape index (κ2) is 6.77. The van der Waals surface area contributed by atoms with Crippen LogP contribution in [0.1, 0.15) is 24.5 Å². The first kappa shape index (κ1) is 17.3. The summed E-state index contributed by atoms with van der Waals surface area (Å²) in [5.41, 5.74) is 5.31. The average Bonchev–Trinajstić information content (AvgIpc) is 2.43. The van der Waals surface area contributed by atoms with E-state index in [1.54, 1.807) is 19.0 Å². The number of aliphatic imine (C=N–C) groups is 1. The highest BCUT2D eigenvalue weighted by molar-refractivity contribution is 7.91. The predicted octanol–water partition coefficient (Wildman–Crippen LogP) is 1.25. The monoisotopic (exact) mass is 314 g/mol. The van der Waals surface area contributed by atoms with Gasteiger partial charge in [-0.3, -0.25) is 10.7 Å². The number of rotatable bonds is 5. The molecule has 116 valence electrons. The van der Waals surface area contributed by atoms with Crippen molar-refractivity contribution in [3.8, 4) is 0 Å². The molecule has 1 aromatic heterocycles. The van der Waals surface area contributed by atoms with Gasteiger partial charge < -0.3 is 4.90 Å². The molecule has 0 aliphatic carbocycles. The molecule has 0 aliphatic heterocycles. The minimum absolute atomic E-state index is 0.173. The fourth-order valence-corrected chi connectivity index (χ4v) is 2.83. The SMILES string of the molecule is C=C/N=C(/c1cnc(C(N)F)c(S(=O)(=O)CC)c1)N(C)C. The van der Waals surface area contributed by atoms with Gasteiger partial charge >= 0.3 is 0 Å². The molecule has 0 radical (unpaired) electrons. The second-order valence-electron chi connectivity index (χ2n) is 4.44. The van der Waals surface area contributed by atoms with Crippen LogP contribution < -0.4 is 5.73 Å². The van der Waals surface area contributed by atoms with E-state index in [1.807, 2.05) is 0 Å². The van der Waals surface area contributed by atoms with Gasteiger partial charge in [0.25, 0.3) is 0 Å². The maximum absolute atomic E-state index is 13.4. The van der Waals surface area contributed by atoms with E-state index in [9.17, 15) is 12.8 Å². The van der Waals surface area contributed by atoms with Gasteiger partial charge in [0.05, 0.1) is 10.6 Å². The molecule has 0 aromatic carbocycles. The van der Waals surface area contributed by atoms with E-state index in [2.05, 4.69) is 16.6 Å². The number of nitrogens with two attached hydrogens (primary N) is 1. The molecule has 0 aliphatic rings. The van der Waals surface area contributed by atoms with Gasteiger partial charge in [-0.25, -0.2) is 17.8 Å². The minimum atomic E-state index is -3.65. The topological polar surface area (TPSA) is 88.6 Å². The van der Waals surface area contributed by atoms with Crippen molar-refractivity contribution >= 4 is 15.7 Å². The maximum atomic E-state index is 13.4. The summed E-state index contributed by atoms with van der Waals surface area (Å²) < 4.78 is 37.6. The molecule has 0 bridgehead atoms. The van der Waals surface area contributed by atoms with Crippen molar-refractivity contribution in [2.24, 2.45) is 10.7 Å². The molecule has 21 heavy (non-hydrogen) atoms. The Morgan fingerprint density at radius 2 is 2.24 bits per heavy atom. The van der Waals surface area contributed by atoms with E-state index < -0.39 is 16.1 Å². The van der Waals surface area contributed by atoms with Gasteiger partial charge in [0.2, 0.25) is 0 Å². The lowest BCUT2D eigenvalue weighted by atomic mass is 10.2. The molecule has 6 nitrogen and oxygen atoms in total. The molecule has 1 heterocycles. The summed E-state index contributed by atoms with van der Waals surface area (Å²) >= 11 is 0. The summed E-state index contributed by atoms with van der Waals surface area (Å²) in [7, 11) is -0.170. The lowest BCUT2D eigenvalue weighted by Crippen LogP contribution is -2.24. The molecule has 0 fully saturated rings. The van der Waals surface area contributed by atoms with Crippen LogP contribution in [0.2, 0.25) is 0 Å². The molecule has 0 spiro atoms. The van der Waals surface area contributed by atoms with Crippen LogP contribution >= 0.6 is 0 Å². The Hall–Kier alpha value is -1.80. The number of alkyl halides is 1. The number of sulfone groups is 1. The Morgan fingerprint density at radius 1 is 1.62 bits per heavy atom. The van der Waals surface area contributed by atoms with Crippen LogP contribution in [0.5, 0.6) is 0 Å². The normalized spacial score (nSPS) is 13.9. The zero-order valence-corrected chi connectivity index (χ0v) is 13.1. The first-order valence-electron chi connectivity index (χ1n) is 6.23. The first-order chi connectivity index (χ1) is 9.74. The van der Waals surface area contributed by atoms with E-state index in [0.717, 1.165) is 0 Å². The van der Waals surface area contributed by atoms with Crippen molar-refractivity contribution in [2.75, 3.05) is 19.8 Å². The van der Waals surface area contributed by atoms with Crippen molar-refractivity contribution in [3.05, 3.63) is 36.3 Å². The van der Waals surface area contributed by atoms with Crippen molar-refractivity contribution < 1.29 is 12.8 Å². The van der Waals surface area contributed by atoms with E-state index >= 15 is 0 Å². The van der Waals surface area contributed by atoms with Crippen LogP contribution in [0.15, 0.2) is 34.9 Å². The number of amidine groups is 1. The van der Waals surface area contributed by atoms with Gasteiger partial charge in [-0.15, -0.1) is 0 Å². The molecule has 1 atom stereocenters. The predicted molar refractivity (Wildman–Crippen MR) is 80.4 cm³/mol. The molecular formula is C13H19FN4O2S. The van der Waals surface area contributed by atoms with Gasteiger partial charge in [-0.05, 0) is 6.07 Å². The molecule has 1 unspecified atom stereocenters. The van der Waals surface area contributed by atoms with Crippen LogP contribution in [0, 0.1) is 0 Å². The van der Waals surface area contributed by atoms with Gasteiger partial charge in [0, 0.05) is 32.1 Å². The van der Waals surface area contributed by atoms with Crippen LogP contribution in [0.4, 0.5) is 4.39 Å². The fourth-order valence-electron chi connectivity index (χ4n) is 1.72. The molecule has 0 saturated carbocycles. The lowest BCUT2D eigenvalue weighted by molar-refractivity contribution is 0.341. The second-order valence-corrected chi connectivity index (χ2v) is 6.69. The Kier molecular flexibility index (Phi) is 5.56. The number of hydrogen-bond donors (Lipinski definition) is 1. The largest absolute Gasteiger partial charge is 0.362 e. The lowest BCUT2D eigenvalue weighted by Gasteiger charge is -2.17. The third-order valence-electron chi connectivity index (χ3n) is 2.75. The van der Waals surface area contributed by atoms with Crippen LogP contribution in [0.25, 0.3) is 0 Å². The van der Waals surface area contributed by atoms with Crippen LogP contribution in [-0.4, -0.2) is 44.0 Å². The average molecular weight is 314 g/mol. The highest BCUT2D eigenvalue weighted by Crippen LogP contribution is 2.23. The number of hydrogen-bond acceptors (Lipinski definition) is 5. The summed E-state index contributed by atoms with van der Waals surface area (Å²) in [5.74, 6) is 0.289. The van der Waals surface area contributed by atoms with Gasteiger partial charge in [0.15, 0.2) is 16.1 Å². The molecule has 0 amide bonds. The van der Waals surface area contributed by atoms with Gasteiger partial charge in [-0.2, -0.15) is 0 Å².